The van der Waals surface area contributed by atoms with Crippen molar-refractivity contribution in [1.82, 2.24) is 0 Å². The molecule has 0 heterocycles. The van der Waals surface area contributed by atoms with Crippen LogP contribution in [0.15, 0.2) is 46.0 Å². The number of azo groups is 1. The number of hydrogen-bond acceptors (Lipinski definition) is 5. The van der Waals surface area contributed by atoms with E-state index in [2.05, 4.69) is 15.0 Å². The van der Waals surface area contributed by atoms with E-state index in [1.807, 2.05) is 0 Å². The summed E-state index contributed by atoms with van der Waals surface area (Å²) >= 11 is 0. The first-order chi connectivity index (χ1) is 9.75. The van der Waals surface area contributed by atoms with Crippen molar-refractivity contribution in [3.63, 3.8) is 0 Å². The molecule has 0 fully saturated rings. The Balaban J connectivity index is 3.18. The topological polar surface area (TPSA) is 71.2 Å². The number of carbonyl (C=O) groups excluding carboxylic acids is 1. The molecule has 0 aliphatic heterocycles. The first-order valence-corrected chi connectivity index (χ1v) is 5.91. The number of benzene rings is 1. The summed E-state index contributed by atoms with van der Waals surface area (Å²) in [5, 5.41) is 15.8. The molecule has 0 saturated carbocycles. The van der Waals surface area contributed by atoms with Gasteiger partial charge in [0, 0.05) is 0 Å². The van der Waals surface area contributed by atoms with Gasteiger partial charge in [-0.1, -0.05) is 12.1 Å². The third-order valence-electron chi connectivity index (χ3n) is 2.23. The molecular formula is C13H13F3N2O3. The Morgan fingerprint density at radius 3 is 2.57 bits per heavy atom. The van der Waals surface area contributed by atoms with Gasteiger partial charge in [-0.25, -0.2) is 4.79 Å². The summed E-state index contributed by atoms with van der Waals surface area (Å²) < 4.78 is 41.8. The van der Waals surface area contributed by atoms with E-state index in [0.717, 1.165) is 5.56 Å². The SMILES string of the molecule is CCOC(=O)C(N=Nc1cccc(C)c1)=C(O)C(F)(F)F. The maximum absolute atomic E-state index is 12.5. The molecule has 1 rings (SSSR count). The minimum Gasteiger partial charge on any atom is -0.502 e. The van der Waals surface area contributed by atoms with E-state index in [-0.39, 0.29) is 12.3 Å². The van der Waals surface area contributed by atoms with Gasteiger partial charge < -0.3 is 9.84 Å². The number of allylic oxidation sites excluding steroid dienone is 1. The predicted molar refractivity (Wildman–Crippen MR) is 68.0 cm³/mol. The molecule has 5 nitrogen and oxygen atoms in total. The fraction of sp³-hybridized carbons (Fsp3) is 0.308. The van der Waals surface area contributed by atoms with Gasteiger partial charge in [0.05, 0.1) is 12.3 Å². The zero-order chi connectivity index (χ0) is 16.0. The summed E-state index contributed by atoms with van der Waals surface area (Å²) in [6, 6.07) is 6.43. The number of aryl methyl sites for hydroxylation is 1. The number of hydrogen-bond donors (Lipinski definition) is 1. The molecule has 0 aliphatic rings. The summed E-state index contributed by atoms with van der Waals surface area (Å²) in [4.78, 5) is 11.4. The Labute approximate surface area is 118 Å². The van der Waals surface area contributed by atoms with Crippen molar-refractivity contribution in [2.24, 2.45) is 10.2 Å². The van der Waals surface area contributed by atoms with Crippen LogP contribution in [0.1, 0.15) is 12.5 Å². The molecule has 0 aromatic heterocycles. The monoisotopic (exact) mass is 302 g/mol. The highest BCUT2D eigenvalue weighted by molar-refractivity contribution is 5.88. The molecule has 0 radical (unpaired) electrons. The molecule has 0 unspecified atom stereocenters. The Hall–Kier alpha value is -2.38. The van der Waals surface area contributed by atoms with E-state index in [1.165, 1.54) is 13.0 Å². The summed E-state index contributed by atoms with van der Waals surface area (Å²) in [7, 11) is 0. The van der Waals surface area contributed by atoms with Crippen molar-refractivity contribution in [2.45, 2.75) is 20.0 Å². The number of alkyl halides is 3. The number of rotatable bonds is 4. The average molecular weight is 302 g/mol. The lowest BCUT2D eigenvalue weighted by molar-refractivity contribution is -0.143. The highest BCUT2D eigenvalue weighted by atomic mass is 19.4. The van der Waals surface area contributed by atoms with Gasteiger partial charge in [-0.15, -0.1) is 5.11 Å². The quantitative estimate of drug-likeness (QED) is 0.396. The number of halogens is 3. The standard InChI is InChI=1S/C13H13F3N2O3/c1-3-21-12(20)10(11(19)13(14,15)16)18-17-9-6-4-5-8(2)7-9/h4-7,19H,3H2,1-2H3. The number of carbonyl (C=O) groups is 1. The fourth-order valence-electron chi connectivity index (χ4n) is 1.32. The first kappa shape index (κ1) is 16.7. The Bertz CT molecular complexity index is 580. The van der Waals surface area contributed by atoms with Crippen LogP contribution in [0, 0.1) is 6.92 Å². The second-order valence-electron chi connectivity index (χ2n) is 3.95. The number of aliphatic hydroxyl groups is 1. The van der Waals surface area contributed by atoms with Crippen molar-refractivity contribution < 1.29 is 27.8 Å². The van der Waals surface area contributed by atoms with Crippen LogP contribution in [0.25, 0.3) is 0 Å². The van der Waals surface area contributed by atoms with E-state index in [4.69, 9.17) is 5.11 Å². The van der Waals surface area contributed by atoms with Crippen LogP contribution in [0.4, 0.5) is 18.9 Å². The van der Waals surface area contributed by atoms with E-state index in [0.29, 0.717) is 0 Å². The molecule has 1 aromatic rings. The number of nitrogens with zero attached hydrogens (tertiary/aromatic N) is 2. The molecule has 0 saturated heterocycles. The van der Waals surface area contributed by atoms with Crippen molar-refractivity contribution >= 4 is 11.7 Å². The molecule has 21 heavy (non-hydrogen) atoms. The lowest BCUT2D eigenvalue weighted by Gasteiger charge is -2.08. The van der Waals surface area contributed by atoms with Crippen LogP contribution in [0.3, 0.4) is 0 Å². The third-order valence-corrected chi connectivity index (χ3v) is 2.23. The lowest BCUT2D eigenvalue weighted by atomic mass is 10.2. The van der Waals surface area contributed by atoms with Crippen LogP contribution >= 0.6 is 0 Å². The van der Waals surface area contributed by atoms with E-state index < -0.39 is 23.6 Å². The smallest absolute Gasteiger partial charge is 0.451 e. The highest BCUT2D eigenvalue weighted by Gasteiger charge is 2.39. The van der Waals surface area contributed by atoms with Crippen LogP contribution in [-0.4, -0.2) is 23.9 Å². The minimum absolute atomic E-state index is 0.159. The molecule has 114 valence electrons. The largest absolute Gasteiger partial charge is 0.502 e. The molecule has 0 aliphatic carbocycles. The molecule has 1 aromatic carbocycles. The number of ether oxygens (including phenoxy) is 1. The maximum Gasteiger partial charge on any atom is 0.451 e. The van der Waals surface area contributed by atoms with Gasteiger partial charge in [-0.2, -0.15) is 18.3 Å². The lowest BCUT2D eigenvalue weighted by Crippen LogP contribution is -2.18. The summed E-state index contributed by atoms with van der Waals surface area (Å²) in [6.07, 6.45) is -5.12. The molecule has 0 amide bonds. The van der Waals surface area contributed by atoms with Gasteiger partial charge in [0.25, 0.3) is 0 Å². The van der Waals surface area contributed by atoms with Gasteiger partial charge in [0.1, 0.15) is 0 Å². The minimum atomic E-state index is -5.12. The second-order valence-corrected chi connectivity index (χ2v) is 3.95. The van der Waals surface area contributed by atoms with Crippen LogP contribution < -0.4 is 0 Å². The Morgan fingerprint density at radius 2 is 2.05 bits per heavy atom. The molecular weight excluding hydrogens is 289 g/mol. The molecule has 0 atom stereocenters. The third kappa shape index (κ3) is 4.90. The van der Waals surface area contributed by atoms with Crippen molar-refractivity contribution in [3.8, 4) is 0 Å². The van der Waals surface area contributed by atoms with Gasteiger partial charge in [-0.3, -0.25) is 0 Å². The highest BCUT2D eigenvalue weighted by Crippen LogP contribution is 2.28. The zero-order valence-corrected chi connectivity index (χ0v) is 11.3. The van der Waals surface area contributed by atoms with E-state index in [1.54, 1.807) is 25.1 Å². The van der Waals surface area contributed by atoms with Crippen molar-refractivity contribution in [2.75, 3.05) is 6.61 Å². The van der Waals surface area contributed by atoms with Crippen LogP contribution in [0.5, 0.6) is 0 Å². The number of esters is 1. The first-order valence-electron chi connectivity index (χ1n) is 5.91. The normalized spacial score (nSPS) is 13.2. The summed E-state index contributed by atoms with van der Waals surface area (Å²) in [5.74, 6) is -3.54. The van der Waals surface area contributed by atoms with Crippen molar-refractivity contribution in [3.05, 3.63) is 41.3 Å². The molecule has 8 heteroatoms. The van der Waals surface area contributed by atoms with E-state index in [9.17, 15) is 18.0 Å². The van der Waals surface area contributed by atoms with Crippen molar-refractivity contribution in [1.29, 1.82) is 0 Å². The van der Waals surface area contributed by atoms with Crippen LogP contribution in [0.2, 0.25) is 0 Å². The molecule has 1 N–H and O–H groups in total. The van der Waals surface area contributed by atoms with Gasteiger partial charge in [0.15, 0.2) is 0 Å². The molecule has 0 spiro atoms. The summed E-state index contributed by atoms with van der Waals surface area (Å²) in [5.41, 5.74) is -0.231. The maximum atomic E-state index is 12.5. The van der Waals surface area contributed by atoms with Crippen LogP contribution in [-0.2, 0) is 9.53 Å². The molecule has 0 bridgehead atoms. The zero-order valence-electron chi connectivity index (χ0n) is 11.3. The summed E-state index contributed by atoms with van der Waals surface area (Å²) in [6.45, 7) is 3.01. The fourth-order valence-corrected chi connectivity index (χ4v) is 1.32. The second kappa shape index (κ2) is 6.87. The van der Waals surface area contributed by atoms with Gasteiger partial charge in [-0.05, 0) is 31.5 Å². The number of aliphatic hydroxyl groups excluding tert-OH is 1. The predicted octanol–water partition coefficient (Wildman–Crippen LogP) is 3.97. The van der Waals surface area contributed by atoms with E-state index >= 15 is 0 Å². The Morgan fingerprint density at radius 1 is 1.38 bits per heavy atom. The van der Waals surface area contributed by atoms with Gasteiger partial charge >= 0.3 is 12.1 Å². The average Bonchev–Trinajstić information content (AvgIpc) is 2.38. The Kier molecular flexibility index (Phi) is 5.45. The van der Waals surface area contributed by atoms with Gasteiger partial charge in [0.2, 0.25) is 11.5 Å².